The van der Waals surface area contributed by atoms with Crippen molar-refractivity contribution in [1.29, 1.82) is 0 Å². The summed E-state index contributed by atoms with van der Waals surface area (Å²) in [6, 6.07) is 25.6. The Morgan fingerprint density at radius 2 is 1.37 bits per heavy atom. The van der Waals surface area contributed by atoms with Gasteiger partial charge in [0.1, 0.15) is 11.7 Å². The van der Waals surface area contributed by atoms with Gasteiger partial charge in [0.15, 0.2) is 6.10 Å². The van der Waals surface area contributed by atoms with Crippen LogP contribution in [0, 0.1) is 5.92 Å². The molecular weight excluding hydrogens is 380 g/mol. The normalized spacial score (nSPS) is 23.0. The fraction of sp³-hybridized carbons (Fsp3) is 0.167. The van der Waals surface area contributed by atoms with Crippen LogP contribution in [0.3, 0.4) is 0 Å². The molecule has 2 aliphatic heterocycles. The van der Waals surface area contributed by atoms with E-state index in [0.29, 0.717) is 5.69 Å². The first-order valence-corrected chi connectivity index (χ1v) is 9.77. The molecule has 2 fully saturated rings. The minimum Gasteiger partial charge on any atom is -0.497 e. The summed E-state index contributed by atoms with van der Waals surface area (Å²) in [6.07, 6.45) is -0.870. The first kappa shape index (κ1) is 18.4. The number of ether oxygens (including phenoxy) is 1. The van der Waals surface area contributed by atoms with Crippen molar-refractivity contribution in [3.8, 4) is 5.75 Å². The largest absolute Gasteiger partial charge is 0.497 e. The number of anilines is 2. The third-order valence-corrected chi connectivity index (χ3v) is 5.60. The molecule has 2 aliphatic rings. The molecule has 5 rings (SSSR count). The van der Waals surface area contributed by atoms with Crippen LogP contribution in [0.2, 0.25) is 0 Å². The summed E-state index contributed by atoms with van der Waals surface area (Å²) in [5, 5.41) is 1.69. The molecule has 30 heavy (non-hydrogen) atoms. The maximum Gasteiger partial charge on any atom is 0.266 e. The average Bonchev–Trinajstić information content (AvgIpc) is 3.31. The molecule has 0 N–H and O–H groups in total. The number of hydroxylamine groups is 1. The molecule has 3 aromatic carbocycles. The lowest BCUT2D eigenvalue weighted by Crippen LogP contribution is -2.37. The van der Waals surface area contributed by atoms with Crippen molar-refractivity contribution in [2.24, 2.45) is 5.92 Å². The molecule has 0 aliphatic carbocycles. The minimum absolute atomic E-state index is 0.254. The highest BCUT2D eigenvalue weighted by Gasteiger charge is 2.60. The maximum absolute atomic E-state index is 13.5. The molecular formula is C24H20N2O4. The van der Waals surface area contributed by atoms with Crippen molar-refractivity contribution in [3.63, 3.8) is 0 Å². The molecule has 3 aromatic rings. The summed E-state index contributed by atoms with van der Waals surface area (Å²) in [5.74, 6) is -0.518. The molecule has 6 nitrogen and oxygen atoms in total. The number of amides is 2. The van der Waals surface area contributed by atoms with E-state index in [4.69, 9.17) is 9.57 Å². The van der Waals surface area contributed by atoms with E-state index in [9.17, 15) is 9.59 Å². The minimum atomic E-state index is -0.870. The van der Waals surface area contributed by atoms with Crippen LogP contribution in [0.15, 0.2) is 84.9 Å². The zero-order valence-corrected chi connectivity index (χ0v) is 16.3. The number of nitrogens with zero attached hydrogens (tertiary/aromatic N) is 2. The number of imide groups is 1. The predicted molar refractivity (Wildman–Crippen MR) is 112 cm³/mol. The number of rotatable bonds is 4. The van der Waals surface area contributed by atoms with Gasteiger partial charge in [-0.1, -0.05) is 48.5 Å². The van der Waals surface area contributed by atoms with Gasteiger partial charge in [-0.2, -0.15) is 0 Å². The lowest BCUT2D eigenvalue weighted by atomic mass is 9.90. The topological polar surface area (TPSA) is 59.1 Å². The van der Waals surface area contributed by atoms with Gasteiger partial charge in [-0.05, 0) is 42.0 Å². The van der Waals surface area contributed by atoms with Gasteiger partial charge < -0.3 is 4.74 Å². The third kappa shape index (κ3) is 2.84. The molecule has 150 valence electrons. The van der Waals surface area contributed by atoms with E-state index in [1.165, 1.54) is 4.90 Å². The standard InChI is InChI=1S/C24H20N2O4/c1-29-19-14-12-16(13-15-19)21-20-22(30-26(21)18-10-6-3-7-11-18)24(28)25(23(20)27)17-8-4-2-5-9-17/h2-15,20-22H,1H3/t20-,21+,22-/m1/s1. The van der Waals surface area contributed by atoms with Crippen molar-refractivity contribution in [2.45, 2.75) is 12.1 Å². The zero-order valence-electron chi connectivity index (χ0n) is 16.3. The van der Waals surface area contributed by atoms with Crippen LogP contribution >= 0.6 is 0 Å². The van der Waals surface area contributed by atoms with Gasteiger partial charge in [0, 0.05) is 0 Å². The maximum atomic E-state index is 13.5. The summed E-state index contributed by atoms with van der Waals surface area (Å²) in [6.45, 7) is 0. The van der Waals surface area contributed by atoms with Crippen molar-refractivity contribution < 1.29 is 19.2 Å². The number of para-hydroxylation sites is 2. The highest BCUT2D eigenvalue weighted by Crippen LogP contribution is 2.47. The number of hydrogen-bond donors (Lipinski definition) is 0. The predicted octanol–water partition coefficient (Wildman–Crippen LogP) is 3.75. The number of carbonyl (C=O) groups is 2. The second-order valence-electron chi connectivity index (χ2n) is 7.28. The van der Waals surface area contributed by atoms with Crippen LogP contribution in [0.25, 0.3) is 0 Å². The summed E-state index contributed by atoms with van der Waals surface area (Å²) in [5.41, 5.74) is 2.23. The van der Waals surface area contributed by atoms with Crippen LogP contribution in [-0.4, -0.2) is 25.0 Å². The summed E-state index contributed by atoms with van der Waals surface area (Å²) >= 11 is 0. The van der Waals surface area contributed by atoms with E-state index >= 15 is 0 Å². The smallest absolute Gasteiger partial charge is 0.266 e. The van der Waals surface area contributed by atoms with Gasteiger partial charge >= 0.3 is 0 Å². The van der Waals surface area contributed by atoms with Crippen LogP contribution < -0.4 is 14.7 Å². The summed E-state index contributed by atoms with van der Waals surface area (Å²) in [4.78, 5) is 34.0. The van der Waals surface area contributed by atoms with Crippen molar-refractivity contribution in [2.75, 3.05) is 17.1 Å². The van der Waals surface area contributed by atoms with Gasteiger partial charge in [-0.15, -0.1) is 0 Å². The SMILES string of the molecule is COc1ccc([C@H]2[C@H]3C(=O)N(c4ccccc4)C(=O)[C@@H]3ON2c2ccccc2)cc1. The van der Waals surface area contributed by atoms with E-state index in [0.717, 1.165) is 17.0 Å². The Morgan fingerprint density at radius 1 is 0.767 bits per heavy atom. The molecule has 0 saturated carbocycles. The molecule has 0 unspecified atom stereocenters. The molecule has 3 atom stereocenters. The molecule has 0 radical (unpaired) electrons. The fourth-order valence-corrected chi connectivity index (χ4v) is 4.18. The van der Waals surface area contributed by atoms with Crippen molar-refractivity contribution in [3.05, 3.63) is 90.5 Å². The average molecular weight is 400 g/mol. The van der Waals surface area contributed by atoms with Gasteiger partial charge in [-0.3, -0.25) is 14.4 Å². The first-order valence-electron chi connectivity index (χ1n) is 9.77. The van der Waals surface area contributed by atoms with E-state index in [1.807, 2.05) is 72.8 Å². The molecule has 0 spiro atoms. The van der Waals surface area contributed by atoms with Gasteiger partial charge in [0.05, 0.1) is 24.5 Å². The second-order valence-corrected chi connectivity index (χ2v) is 7.28. The van der Waals surface area contributed by atoms with Crippen molar-refractivity contribution in [1.82, 2.24) is 0 Å². The van der Waals surface area contributed by atoms with Gasteiger partial charge in [0.2, 0.25) is 5.91 Å². The zero-order chi connectivity index (χ0) is 20.7. The fourth-order valence-electron chi connectivity index (χ4n) is 4.18. The monoisotopic (exact) mass is 400 g/mol. The van der Waals surface area contributed by atoms with E-state index in [-0.39, 0.29) is 11.8 Å². The molecule has 2 heterocycles. The summed E-state index contributed by atoms with van der Waals surface area (Å²) in [7, 11) is 1.61. The summed E-state index contributed by atoms with van der Waals surface area (Å²) < 4.78 is 5.27. The Hall–Kier alpha value is -3.64. The van der Waals surface area contributed by atoms with Crippen LogP contribution in [0.1, 0.15) is 11.6 Å². The third-order valence-electron chi connectivity index (χ3n) is 5.60. The van der Waals surface area contributed by atoms with Crippen LogP contribution in [0.4, 0.5) is 11.4 Å². The number of carbonyl (C=O) groups excluding carboxylic acids is 2. The van der Waals surface area contributed by atoms with E-state index in [2.05, 4.69) is 0 Å². The molecule has 0 bridgehead atoms. The van der Waals surface area contributed by atoms with Crippen LogP contribution in [-0.2, 0) is 14.4 Å². The molecule has 6 heteroatoms. The van der Waals surface area contributed by atoms with Gasteiger partial charge in [-0.25, -0.2) is 9.96 Å². The highest BCUT2D eigenvalue weighted by atomic mass is 16.7. The lowest BCUT2D eigenvalue weighted by Gasteiger charge is -2.28. The van der Waals surface area contributed by atoms with E-state index < -0.39 is 18.1 Å². The Bertz CT molecular complexity index is 1070. The molecule has 0 aromatic heterocycles. The lowest BCUT2D eigenvalue weighted by molar-refractivity contribution is -0.126. The Morgan fingerprint density at radius 3 is 1.97 bits per heavy atom. The van der Waals surface area contributed by atoms with Gasteiger partial charge in [0.25, 0.3) is 5.91 Å². The van der Waals surface area contributed by atoms with Crippen molar-refractivity contribution >= 4 is 23.2 Å². The quantitative estimate of drug-likeness (QED) is 0.625. The Kier molecular flexibility index (Phi) is 4.48. The highest BCUT2D eigenvalue weighted by molar-refractivity contribution is 6.23. The number of fused-ring (bicyclic) bond motifs is 1. The number of benzene rings is 3. The molecule has 2 saturated heterocycles. The molecule has 2 amide bonds. The Balaban J connectivity index is 1.58. The number of methoxy groups -OCH3 is 1. The van der Waals surface area contributed by atoms with E-state index in [1.54, 1.807) is 24.3 Å². The Labute approximate surface area is 174 Å². The van der Waals surface area contributed by atoms with Crippen LogP contribution in [0.5, 0.6) is 5.75 Å². The first-order chi connectivity index (χ1) is 14.7. The second kappa shape index (κ2) is 7.31. The number of hydrogen-bond acceptors (Lipinski definition) is 5.